The average Bonchev–Trinajstić information content (AvgIpc) is 3.79. The number of unbranched alkanes of at least 4 members (excludes halogenated alkanes) is 2. The molecule has 0 aliphatic carbocycles. The topological polar surface area (TPSA) is 134 Å². The lowest BCUT2D eigenvalue weighted by atomic mass is 9.83. The van der Waals surface area contributed by atoms with Crippen LogP contribution in [0.5, 0.6) is 0 Å². The van der Waals surface area contributed by atoms with Crippen LogP contribution in [0.1, 0.15) is 69.5 Å². The highest BCUT2D eigenvalue weighted by molar-refractivity contribution is 7.90. The number of aryl methyl sites for hydroxylation is 1. The molecule has 8 rings (SSSR count). The van der Waals surface area contributed by atoms with Gasteiger partial charge in [-0.2, -0.15) is 0 Å². The average molecular weight is 843 g/mol. The molecule has 0 spiro atoms. The molecule has 3 heterocycles. The van der Waals surface area contributed by atoms with Crippen molar-refractivity contribution in [2.75, 3.05) is 19.8 Å². The Morgan fingerprint density at radius 3 is 2.02 bits per heavy atom. The van der Waals surface area contributed by atoms with Crippen LogP contribution in [0.3, 0.4) is 0 Å². The fraction of sp³-hybridized carbons (Fsp3) is 0.306. The number of nitrogens with zero attached hydrogens (tertiary/aromatic N) is 2. The number of hydrogen-bond donors (Lipinski definition) is 1. The molecule has 4 atom stereocenters. The van der Waals surface area contributed by atoms with Crippen LogP contribution in [-0.2, 0) is 48.6 Å². The molecule has 2 amide bonds. The molecular weight excluding hydrogens is 793 g/mol. The fourth-order valence-electron chi connectivity index (χ4n) is 8.31. The summed E-state index contributed by atoms with van der Waals surface area (Å²) in [6.45, 7) is 1.43. The van der Waals surface area contributed by atoms with Crippen molar-refractivity contribution in [3.05, 3.63) is 174 Å². The van der Waals surface area contributed by atoms with E-state index in [9.17, 15) is 23.1 Å². The summed E-state index contributed by atoms with van der Waals surface area (Å²) in [5.41, 5.74) is 2.76. The Hall–Kier alpha value is -5.47. The lowest BCUT2D eigenvalue weighted by Gasteiger charge is -2.48. The SMILES string of the molecule is O=C1c2ccccc2C(=O)N1CCCCCOC[C@@H]1C[C@H](OCc2ccccc2)[C@@](CCc2cn(S(=O)(=O)c3ccccc3)c3ccccc23)(OCc2ccccc2)[C@H](O)O1. The van der Waals surface area contributed by atoms with Crippen molar-refractivity contribution in [2.24, 2.45) is 0 Å². The third-order valence-corrected chi connectivity index (χ3v) is 13.3. The molecule has 2 aliphatic rings. The summed E-state index contributed by atoms with van der Waals surface area (Å²) in [6.07, 6.45) is 2.18. The minimum absolute atomic E-state index is 0.179. The van der Waals surface area contributed by atoms with Gasteiger partial charge in [0.1, 0.15) is 5.60 Å². The van der Waals surface area contributed by atoms with Crippen molar-refractivity contribution in [1.82, 2.24) is 8.87 Å². The molecule has 0 radical (unpaired) electrons. The second-order valence-corrected chi connectivity index (χ2v) is 17.4. The van der Waals surface area contributed by atoms with Crippen LogP contribution < -0.4 is 0 Å². The molecule has 316 valence electrons. The van der Waals surface area contributed by atoms with E-state index in [0.29, 0.717) is 55.5 Å². The third-order valence-electron chi connectivity index (χ3n) is 11.6. The summed E-state index contributed by atoms with van der Waals surface area (Å²) >= 11 is 0. The zero-order valence-electron chi connectivity index (χ0n) is 33.9. The Labute approximate surface area is 356 Å². The van der Waals surface area contributed by atoms with Crippen molar-refractivity contribution in [2.45, 2.75) is 80.7 Å². The van der Waals surface area contributed by atoms with E-state index in [2.05, 4.69) is 0 Å². The van der Waals surface area contributed by atoms with E-state index in [1.807, 2.05) is 78.9 Å². The van der Waals surface area contributed by atoms with Gasteiger partial charge in [-0.1, -0.05) is 109 Å². The molecule has 61 heavy (non-hydrogen) atoms. The Morgan fingerprint density at radius 1 is 0.721 bits per heavy atom. The molecule has 1 saturated heterocycles. The molecule has 1 aromatic heterocycles. The molecule has 1 fully saturated rings. The van der Waals surface area contributed by atoms with Gasteiger partial charge in [0, 0.05) is 31.2 Å². The van der Waals surface area contributed by atoms with Crippen molar-refractivity contribution in [1.29, 1.82) is 0 Å². The van der Waals surface area contributed by atoms with Crippen LogP contribution >= 0.6 is 0 Å². The van der Waals surface area contributed by atoms with E-state index >= 15 is 0 Å². The Balaban J connectivity index is 0.981. The zero-order chi connectivity index (χ0) is 42.2. The van der Waals surface area contributed by atoms with Gasteiger partial charge < -0.3 is 24.1 Å². The molecule has 0 unspecified atom stereocenters. The maximum absolute atomic E-state index is 13.9. The minimum atomic E-state index is -3.91. The van der Waals surface area contributed by atoms with Crippen LogP contribution in [0.4, 0.5) is 0 Å². The largest absolute Gasteiger partial charge is 0.379 e. The van der Waals surface area contributed by atoms with Crippen LogP contribution in [-0.4, -0.2) is 78.1 Å². The van der Waals surface area contributed by atoms with Gasteiger partial charge in [-0.3, -0.25) is 14.5 Å². The number of carbonyl (C=O) groups excluding carboxylic acids is 2. The molecule has 0 bridgehead atoms. The van der Waals surface area contributed by atoms with Gasteiger partial charge in [0.05, 0.1) is 53.6 Å². The van der Waals surface area contributed by atoms with Gasteiger partial charge in [-0.05, 0) is 79.1 Å². The van der Waals surface area contributed by atoms with E-state index < -0.39 is 34.1 Å². The van der Waals surface area contributed by atoms with Gasteiger partial charge in [-0.15, -0.1) is 0 Å². The number of aromatic nitrogens is 1. The molecular formula is C49H50N2O9S. The zero-order valence-corrected chi connectivity index (χ0v) is 34.7. The monoisotopic (exact) mass is 842 g/mol. The second kappa shape index (κ2) is 19.1. The van der Waals surface area contributed by atoms with Crippen molar-refractivity contribution < 1.29 is 42.1 Å². The highest BCUT2D eigenvalue weighted by Gasteiger charge is 2.53. The predicted octanol–water partition coefficient (Wildman–Crippen LogP) is 7.94. The number of hydrogen-bond acceptors (Lipinski definition) is 9. The molecule has 6 aromatic rings. The summed E-state index contributed by atoms with van der Waals surface area (Å²) < 4.78 is 55.2. The number of aliphatic hydroxyl groups excluding tert-OH is 1. The number of aliphatic hydroxyl groups is 1. The molecule has 12 heteroatoms. The van der Waals surface area contributed by atoms with Crippen LogP contribution in [0.25, 0.3) is 10.9 Å². The number of para-hydroxylation sites is 1. The van der Waals surface area contributed by atoms with E-state index in [0.717, 1.165) is 28.5 Å². The first-order valence-corrected chi connectivity index (χ1v) is 22.3. The van der Waals surface area contributed by atoms with Crippen LogP contribution in [0, 0.1) is 0 Å². The number of amides is 2. The smallest absolute Gasteiger partial charge is 0.268 e. The number of carbonyl (C=O) groups is 2. The molecule has 2 aliphatic heterocycles. The number of rotatable bonds is 19. The summed E-state index contributed by atoms with van der Waals surface area (Å²) in [6, 6.07) is 42.2. The van der Waals surface area contributed by atoms with E-state index in [4.69, 9.17) is 18.9 Å². The maximum Gasteiger partial charge on any atom is 0.268 e. The van der Waals surface area contributed by atoms with E-state index in [-0.39, 0.29) is 43.0 Å². The van der Waals surface area contributed by atoms with Crippen molar-refractivity contribution in [3.8, 4) is 0 Å². The summed E-state index contributed by atoms with van der Waals surface area (Å²) in [5, 5.41) is 12.9. The quantitative estimate of drug-likeness (QED) is 0.0638. The van der Waals surface area contributed by atoms with E-state index in [1.165, 1.54) is 8.87 Å². The minimum Gasteiger partial charge on any atom is -0.379 e. The number of fused-ring (bicyclic) bond motifs is 2. The lowest BCUT2D eigenvalue weighted by molar-refractivity contribution is -0.328. The lowest BCUT2D eigenvalue weighted by Crippen LogP contribution is -2.62. The first-order chi connectivity index (χ1) is 29.7. The fourth-order valence-corrected chi connectivity index (χ4v) is 9.72. The molecule has 5 aromatic carbocycles. The van der Waals surface area contributed by atoms with E-state index in [1.54, 1.807) is 66.9 Å². The van der Waals surface area contributed by atoms with Gasteiger partial charge in [0.15, 0.2) is 6.29 Å². The summed E-state index contributed by atoms with van der Waals surface area (Å²) in [5.74, 6) is -0.499. The second-order valence-electron chi connectivity index (χ2n) is 15.6. The first kappa shape index (κ1) is 42.2. The predicted molar refractivity (Wildman–Crippen MR) is 230 cm³/mol. The van der Waals surface area contributed by atoms with Crippen molar-refractivity contribution in [3.63, 3.8) is 0 Å². The third kappa shape index (κ3) is 9.25. The Kier molecular flexibility index (Phi) is 13.2. The first-order valence-electron chi connectivity index (χ1n) is 20.8. The highest BCUT2D eigenvalue weighted by Crippen LogP contribution is 2.40. The van der Waals surface area contributed by atoms with Crippen molar-refractivity contribution >= 4 is 32.7 Å². The summed E-state index contributed by atoms with van der Waals surface area (Å²) in [4.78, 5) is 27.0. The number of ether oxygens (including phenoxy) is 4. The van der Waals surface area contributed by atoms with Crippen LogP contribution in [0.15, 0.2) is 151 Å². The number of imide groups is 1. The van der Waals surface area contributed by atoms with Gasteiger partial charge in [-0.25, -0.2) is 12.4 Å². The summed E-state index contributed by atoms with van der Waals surface area (Å²) in [7, 11) is -3.91. The van der Waals surface area contributed by atoms with Gasteiger partial charge in [0.25, 0.3) is 21.8 Å². The Morgan fingerprint density at radius 2 is 1.33 bits per heavy atom. The molecule has 11 nitrogen and oxygen atoms in total. The highest BCUT2D eigenvalue weighted by atomic mass is 32.2. The molecule has 0 saturated carbocycles. The maximum atomic E-state index is 13.9. The Bertz CT molecular complexity index is 2500. The van der Waals surface area contributed by atoms with Gasteiger partial charge in [0.2, 0.25) is 0 Å². The standard InChI is InChI=1S/C49H50N2O9S/c52-46-42-24-11-12-25-43(42)47(53)50(46)29-15-4-16-30-57-35-39-31-45(58-33-36-17-5-1-6-18-36)49(48(54)60-39,59-34-37-19-7-2-8-20-37)28-27-38-32-51(44-26-14-13-23-41(38)44)61(55,56)40-21-9-3-10-22-40/h1-3,5-14,17-26,32,39,45,48,54H,4,15-16,27-31,33-35H2/t39-,45-,48+,49+/m0/s1. The molecule has 1 N–H and O–H groups in total. The normalized spacial score (nSPS) is 20.3. The van der Waals surface area contributed by atoms with Gasteiger partial charge >= 0.3 is 0 Å². The number of benzene rings is 5. The van der Waals surface area contributed by atoms with Crippen LogP contribution in [0.2, 0.25) is 0 Å².